The zero-order valence-corrected chi connectivity index (χ0v) is 21.5. The van der Waals surface area contributed by atoms with Crippen LogP contribution in [0, 0.1) is 11.8 Å². The molecule has 2 N–H and O–H groups in total. The van der Waals surface area contributed by atoms with Crippen LogP contribution >= 0.6 is 11.8 Å². The van der Waals surface area contributed by atoms with Crippen molar-refractivity contribution in [2.45, 2.75) is 62.1 Å². The van der Waals surface area contributed by atoms with Crippen LogP contribution in [0.3, 0.4) is 0 Å². The Morgan fingerprint density at radius 1 is 1.11 bits per heavy atom. The highest BCUT2D eigenvalue weighted by molar-refractivity contribution is 7.99. The van der Waals surface area contributed by atoms with Gasteiger partial charge in [-0.05, 0) is 62.1 Å². The first kappa shape index (κ1) is 28.5. The number of anilines is 1. The van der Waals surface area contributed by atoms with Gasteiger partial charge in [0.05, 0.1) is 23.8 Å². The van der Waals surface area contributed by atoms with Gasteiger partial charge in [0.25, 0.3) is 0 Å². The summed E-state index contributed by atoms with van der Waals surface area (Å²) in [6.07, 6.45) is -3.32. The molecule has 1 aromatic heterocycles. The molecule has 1 saturated heterocycles. The lowest BCUT2D eigenvalue weighted by molar-refractivity contribution is -0.308. The standard InChI is InChI=1S/C26H29F6N3O2S/c1-38-19-7-8-22(24(15-19)37-26(30,31)32)33-11-3-4-18-14-20-21(34-17-9-12-36-13-10-17)5-2-6-23(20)35(18)16-25(27,28)29/h2,5-6,14-15,17,19,22,33-34H,7-13,16H2,1H3. The average molecular weight is 562 g/mol. The highest BCUT2D eigenvalue weighted by atomic mass is 32.2. The molecule has 2 heterocycles. The second-order valence-corrected chi connectivity index (χ2v) is 10.3. The Morgan fingerprint density at radius 2 is 1.87 bits per heavy atom. The van der Waals surface area contributed by atoms with E-state index in [4.69, 9.17) is 4.74 Å². The molecule has 4 rings (SSSR count). The smallest absolute Gasteiger partial charge is 0.409 e. The van der Waals surface area contributed by atoms with Gasteiger partial charge in [-0.3, -0.25) is 5.32 Å². The summed E-state index contributed by atoms with van der Waals surface area (Å²) in [4.78, 5) is 0. The normalized spacial score (nSPS) is 21.1. The Balaban J connectivity index is 1.55. The van der Waals surface area contributed by atoms with Crippen LogP contribution in [-0.2, 0) is 16.0 Å². The van der Waals surface area contributed by atoms with Crippen molar-refractivity contribution < 1.29 is 35.8 Å². The predicted molar refractivity (Wildman–Crippen MR) is 136 cm³/mol. The van der Waals surface area contributed by atoms with E-state index < -0.39 is 25.1 Å². The number of alkyl halides is 6. The number of nitrogens with one attached hydrogen (secondary N) is 2. The molecule has 208 valence electrons. The summed E-state index contributed by atoms with van der Waals surface area (Å²) in [5.74, 6) is 5.38. The molecular formula is C26H29F6N3O2S. The largest absolute Gasteiger partial charge is 0.572 e. The van der Waals surface area contributed by atoms with Crippen molar-refractivity contribution in [1.29, 1.82) is 0 Å². The fraction of sp³-hybridized carbons (Fsp3) is 0.538. The molecule has 2 aromatic rings. The van der Waals surface area contributed by atoms with Crippen molar-refractivity contribution in [3.8, 4) is 11.8 Å². The summed E-state index contributed by atoms with van der Waals surface area (Å²) < 4.78 is 89.7. The minimum atomic E-state index is -4.81. The van der Waals surface area contributed by atoms with Crippen LogP contribution in [0.5, 0.6) is 0 Å². The highest BCUT2D eigenvalue weighted by Crippen LogP contribution is 2.32. The molecule has 0 radical (unpaired) electrons. The molecule has 1 aliphatic carbocycles. The maximum atomic E-state index is 13.4. The number of aromatic nitrogens is 1. The fourth-order valence-corrected chi connectivity index (χ4v) is 5.36. The summed E-state index contributed by atoms with van der Waals surface area (Å²) in [5, 5.41) is 6.90. The maximum absolute atomic E-state index is 13.4. The van der Waals surface area contributed by atoms with Crippen LogP contribution in [0.4, 0.5) is 32.0 Å². The van der Waals surface area contributed by atoms with Crippen molar-refractivity contribution in [3.05, 3.63) is 41.8 Å². The molecule has 38 heavy (non-hydrogen) atoms. The number of rotatable bonds is 7. The van der Waals surface area contributed by atoms with Crippen molar-refractivity contribution in [3.63, 3.8) is 0 Å². The molecule has 12 heteroatoms. The van der Waals surface area contributed by atoms with Gasteiger partial charge < -0.3 is 19.4 Å². The Labute approximate surface area is 221 Å². The number of benzene rings is 1. The van der Waals surface area contributed by atoms with E-state index in [1.807, 2.05) is 12.3 Å². The van der Waals surface area contributed by atoms with Gasteiger partial charge in [-0.1, -0.05) is 12.0 Å². The minimum Gasteiger partial charge on any atom is -0.409 e. The van der Waals surface area contributed by atoms with Gasteiger partial charge in [-0.25, -0.2) is 0 Å². The van der Waals surface area contributed by atoms with Gasteiger partial charge in [0, 0.05) is 35.6 Å². The van der Waals surface area contributed by atoms with Gasteiger partial charge in [-0.2, -0.15) is 24.9 Å². The van der Waals surface area contributed by atoms with Crippen LogP contribution in [0.25, 0.3) is 10.9 Å². The van der Waals surface area contributed by atoms with E-state index in [0.717, 1.165) is 23.1 Å². The first-order valence-corrected chi connectivity index (χ1v) is 13.6. The number of fused-ring (bicyclic) bond motifs is 1. The zero-order chi connectivity index (χ0) is 27.3. The summed E-state index contributed by atoms with van der Waals surface area (Å²) in [7, 11) is 0. The molecule has 0 saturated carbocycles. The number of ether oxygens (including phenoxy) is 2. The Bertz CT molecular complexity index is 1190. The van der Waals surface area contributed by atoms with E-state index in [1.165, 1.54) is 17.8 Å². The van der Waals surface area contributed by atoms with E-state index in [0.29, 0.717) is 37.0 Å². The molecule has 1 aromatic carbocycles. The van der Waals surface area contributed by atoms with E-state index in [-0.39, 0.29) is 29.3 Å². The minimum absolute atomic E-state index is 0.0200. The number of thioether (sulfide) groups is 1. The molecule has 0 bridgehead atoms. The van der Waals surface area contributed by atoms with Gasteiger partial charge >= 0.3 is 12.5 Å². The second-order valence-electron chi connectivity index (χ2n) is 9.20. The lowest BCUT2D eigenvalue weighted by Gasteiger charge is -2.28. The van der Waals surface area contributed by atoms with Crippen LogP contribution < -0.4 is 10.6 Å². The van der Waals surface area contributed by atoms with Crippen molar-refractivity contribution >= 4 is 28.4 Å². The van der Waals surface area contributed by atoms with Crippen LogP contribution in [-0.4, -0.2) is 60.5 Å². The lowest BCUT2D eigenvalue weighted by Crippen LogP contribution is -2.37. The lowest BCUT2D eigenvalue weighted by atomic mass is 10.0. The van der Waals surface area contributed by atoms with Gasteiger partial charge in [0.15, 0.2) is 0 Å². The first-order chi connectivity index (χ1) is 18.0. The monoisotopic (exact) mass is 561 g/mol. The summed E-state index contributed by atoms with van der Waals surface area (Å²) in [6, 6.07) is 6.24. The third-order valence-electron chi connectivity index (χ3n) is 6.49. The zero-order valence-electron chi connectivity index (χ0n) is 20.7. The number of nitrogens with zero attached hydrogens (tertiary/aromatic N) is 1. The van der Waals surface area contributed by atoms with Gasteiger partial charge in [0.2, 0.25) is 0 Å². The Hall–Kier alpha value is -2.49. The summed E-state index contributed by atoms with van der Waals surface area (Å²) in [6.45, 7) is 0.0140. The molecule has 2 atom stereocenters. The molecular weight excluding hydrogens is 532 g/mol. The fourth-order valence-electron chi connectivity index (χ4n) is 4.72. The quantitative estimate of drug-likeness (QED) is 0.319. The van der Waals surface area contributed by atoms with Crippen molar-refractivity contribution in [2.75, 3.05) is 31.3 Å². The van der Waals surface area contributed by atoms with Crippen LogP contribution in [0.2, 0.25) is 0 Å². The molecule has 0 amide bonds. The summed E-state index contributed by atoms with van der Waals surface area (Å²) in [5.41, 5.74) is 1.30. The number of hydrogen-bond donors (Lipinski definition) is 2. The van der Waals surface area contributed by atoms with Crippen LogP contribution in [0.1, 0.15) is 31.4 Å². The first-order valence-electron chi connectivity index (χ1n) is 12.3. The van der Waals surface area contributed by atoms with Gasteiger partial charge in [0.1, 0.15) is 12.3 Å². The van der Waals surface area contributed by atoms with Crippen molar-refractivity contribution in [2.24, 2.45) is 0 Å². The van der Waals surface area contributed by atoms with Gasteiger partial charge in [-0.15, -0.1) is 13.2 Å². The average Bonchev–Trinajstić information content (AvgIpc) is 3.19. The molecule has 1 aliphatic heterocycles. The van der Waals surface area contributed by atoms with E-state index in [9.17, 15) is 26.3 Å². The topological polar surface area (TPSA) is 47.4 Å². The Kier molecular flexibility index (Phi) is 9.11. The SMILES string of the molecule is CSC1C=C(OC(F)(F)F)C(NCC#Cc2cc3c(NC4CCOCC4)cccc3n2CC(F)(F)F)CC1. The third-order valence-corrected chi connectivity index (χ3v) is 7.46. The molecule has 2 unspecified atom stereocenters. The molecule has 1 fully saturated rings. The number of halogens is 6. The maximum Gasteiger partial charge on any atom is 0.572 e. The summed E-state index contributed by atoms with van der Waals surface area (Å²) >= 11 is 1.44. The van der Waals surface area contributed by atoms with E-state index >= 15 is 0 Å². The number of hydrogen-bond acceptors (Lipinski definition) is 5. The second kappa shape index (κ2) is 12.1. The highest BCUT2D eigenvalue weighted by Gasteiger charge is 2.36. The van der Waals surface area contributed by atoms with Crippen molar-refractivity contribution in [1.82, 2.24) is 9.88 Å². The molecule has 2 aliphatic rings. The molecule has 0 spiro atoms. The van der Waals surface area contributed by atoms with E-state index in [1.54, 1.807) is 18.2 Å². The van der Waals surface area contributed by atoms with E-state index in [2.05, 4.69) is 27.2 Å². The molecule has 5 nitrogen and oxygen atoms in total. The Morgan fingerprint density at radius 3 is 2.55 bits per heavy atom. The third kappa shape index (κ3) is 7.77. The predicted octanol–water partition coefficient (Wildman–Crippen LogP) is 6.05. The van der Waals surface area contributed by atoms with Crippen LogP contribution in [0.15, 0.2) is 36.1 Å².